The molecular formula is C3H8Cl3NO. The molecule has 0 aromatic rings. The fourth-order valence-corrected chi connectivity index (χ4v) is 0. The minimum Gasteiger partial charge on any atom is -1.00 e. The summed E-state index contributed by atoms with van der Waals surface area (Å²) in [6.07, 6.45) is 0. The second-order valence-corrected chi connectivity index (χ2v) is 1.68. The van der Waals surface area contributed by atoms with E-state index in [9.17, 15) is 0 Å². The van der Waals surface area contributed by atoms with Crippen LogP contribution < -0.4 is 17.7 Å². The third-order valence-corrected chi connectivity index (χ3v) is 0. The molecule has 0 bridgehead atoms. The lowest BCUT2D eigenvalue weighted by molar-refractivity contribution is -0.597. The van der Waals surface area contributed by atoms with Crippen molar-refractivity contribution < 1.29 is 22.5 Å². The van der Waals surface area contributed by atoms with Crippen LogP contribution in [0.15, 0.2) is 0 Å². The third-order valence-electron chi connectivity index (χ3n) is 0. The topological polar surface area (TPSA) is 33.7 Å². The zero-order valence-corrected chi connectivity index (χ0v) is 6.89. The number of carbonyl (C=O) groups is 1. The molecule has 0 saturated heterocycles. The van der Waals surface area contributed by atoms with Crippen LogP contribution in [0.4, 0.5) is 4.79 Å². The van der Waals surface area contributed by atoms with E-state index < -0.39 is 4.70 Å². The van der Waals surface area contributed by atoms with Crippen LogP contribution in [0.1, 0.15) is 0 Å². The van der Waals surface area contributed by atoms with Gasteiger partial charge >= 0.3 is 4.70 Å². The van der Waals surface area contributed by atoms with Gasteiger partial charge in [-0.15, -0.1) is 0 Å². The highest BCUT2D eigenvalue weighted by atomic mass is 35.5. The molecule has 0 saturated carbocycles. The highest BCUT2D eigenvalue weighted by Gasteiger charge is 1.72. The van der Waals surface area contributed by atoms with Crippen molar-refractivity contribution in [3.8, 4) is 0 Å². The molecule has 0 aromatic carbocycles. The summed E-state index contributed by atoms with van der Waals surface area (Å²) in [5.74, 6) is 0. The average molecular weight is 180 g/mol. The molecule has 0 atom stereocenters. The highest BCUT2D eigenvalue weighted by Crippen LogP contribution is 1.84. The van der Waals surface area contributed by atoms with E-state index in [4.69, 9.17) is 4.79 Å². The van der Waals surface area contributed by atoms with Gasteiger partial charge in [0.2, 0.25) is 0 Å². The Morgan fingerprint density at radius 3 is 1.38 bits per heavy atom. The van der Waals surface area contributed by atoms with E-state index in [0.717, 1.165) is 0 Å². The largest absolute Gasteiger partial charge is 1.00 e. The first kappa shape index (κ1) is 15.8. The SMILES string of the molecule is C[NH2+]C.O=C(Cl)Cl.[Cl-]. The molecule has 0 aliphatic rings. The Morgan fingerprint density at radius 2 is 1.38 bits per heavy atom. The van der Waals surface area contributed by atoms with Crippen LogP contribution in [0.2, 0.25) is 0 Å². The van der Waals surface area contributed by atoms with Gasteiger partial charge in [-0.25, -0.2) is 0 Å². The summed E-state index contributed by atoms with van der Waals surface area (Å²) >= 11 is 8.80. The Balaban J connectivity index is -0.0000000575. The molecule has 0 spiro atoms. The smallest absolute Gasteiger partial charge is 0.313 e. The second kappa shape index (κ2) is 15.6. The summed E-state index contributed by atoms with van der Waals surface area (Å²) in [6.45, 7) is 0. The van der Waals surface area contributed by atoms with Crippen LogP contribution in [0.25, 0.3) is 0 Å². The highest BCUT2D eigenvalue weighted by molar-refractivity contribution is 6.93. The lowest BCUT2D eigenvalue weighted by Crippen LogP contribution is -3.00. The number of hydrogen-bond acceptors (Lipinski definition) is 1. The molecule has 5 heteroatoms. The first-order valence-corrected chi connectivity index (χ1v) is 2.49. The first-order valence-electron chi connectivity index (χ1n) is 1.74. The molecule has 2 nitrogen and oxygen atoms in total. The Bertz CT molecular complexity index is 45.8. The van der Waals surface area contributed by atoms with Crippen LogP contribution in [0.5, 0.6) is 0 Å². The Hall–Kier alpha value is 0.500. The molecule has 0 aliphatic heterocycles. The van der Waals surface area contributed by atoms with Crippen molar-refractivity contribution in [3.63, 3.8) is 0 Å². The predicted octanol–water partition coefficient (Wildman–Crippen LogP) is -2.60. The van der Waals surface area contributed by atoms with Gasteiger partial charge in [-0.2, -0.15) is 0 Å². The van der Waals surface area contributed by atoms with Crippen molar-refractivity contribution in [2.75, 3.05) is 14.1 Å². The van der Waals surface area contributed by atoms with Crippen molar-refractivity contribution in [3.05, 3.63) is 0 Å². The zero-order chi connectivity index (χ0) is 6.28. The molecule has 0 amide bonds. The Morgan fingerprint density at radius 1 is 1.38 bits per heavy atom. The first-order chi connectivity index (χ1) is 3.15. The Kier molecular flexibility index (Phi) is 30.9. The standard InChI is InChI=1S/C2H7N.CCl2O.ClH/c1-3-2;2-1(3)4;/h3H,1-2H3;;1H. The van der Waals surface area contributed by atoms with Gasteiger partial charge in [0.25, 0.3) is 0 Å². The average Bonchev–Trinajstić information content (AvgIpc) is 1.33. The number of quaternary nitrogens is 1. The molecular weight excluding hydrogens is 172 g/mol. The monoisotopic (exact) mass is 179 g/mol. The summed E-state index contributed by atoms with van der Waals surface area (Å²) in [5, 5.41) is 2.00. The molecule has 0 unspecified atom stereocenters. The van der Waals surface area contributed by atoms with Gasteiger partial charge in [-0.05, 0) is 23.2 Å². The zero-order valence-electron chi connectivity index (χ0n) is 4.62. The minimum absolute atomic E-state index is 0. The van der Waals surface area contributed by atoms with E-state index in [1.807, 2.05) is 19.4 Å². The maximum absolute atomic E-state index is 8.98. The fourth-order valence-electron chi connectivity index (χ4n) is 0. The van der Waals surface area contributed by atoms with Gasteiger partial charge in [0.15, 0.2) is 0 Å². The fraction of sp³-hybridized carbons (Fsp3) is 0.667. The molecule has 0 aromatic heterocycles. The van der Waals surface area contributed by atoms with Gasteiger partial charge < -0.3 is 17.7 Å². The van der Waals surface area contributed by atoms with Crippen molar-refractivity contribution in [1.82, 2.24) is 0 Å². The van der Waals surface area contributed by atoms with Gasteiger partial charge in [0.05, 0.1) is 14.1 Å². The van der Waals surface area contributed by atoms with Gasteiger partial charge in [0.1, 0.15) is 0 Å². The molecule has 52 valence electrons. The van der Waals surface area contributed by atoms with Gasteiger partial charge in [-0.3, -0.25) is 4.79 Å². The maximum atomic E-state index is 8.98. The molecule has 0 fully saturated rings. The Labute approximate surface area is 64.9 Å². The molecule has 2 N–H and O–H groups in total. The number of carbonyl (C=O) groups excluding carboxylic acids is 1. The van der Waals surface area contributed by atoms with E-state index in [2.05, 4.69) is 23.2 Å². The van der Waals surface area contributed by atoms with Crippen LogP contribution in [-0.4, -0.2) is 18.8 Å². The van der Waals surface area contributed by atoms with Crippen LogP contribution in [-0.2, 0) is 0 Å². The van der Waals surface area contributed by atoms with E-state index in [1.165, 1.54) is 0 Å². The van der Waals surface area contributed by atoms with Crippen LogP contribution in [0, 0.1) is 0 Å². The normalized spacial score (nSPS) is 5.50. The number of rotatable bonds is 0. The van der Waals surface area contributed by atoms with E-state index in [-0.39, 0.29) is 12.4 Å². The van der Waals surface area contributed by atoms with Gasteiger partial charge in [-0.1, -0.05) is 0 Å². The van der Waals surface area contributed by atoms with E-state index in [1.54, 1.807) is 0 Å². The van der Waals surface area contributed by atoms with Crippen molar-refractivity contribution >= 4 is 27.9 Å². The maximum Gasteiger partial charge on any atom is 0.313 e. The summed E-state index contributed by atoms with van der Waals surface area (Å²) in [7, 11) is 4.00. The summed E-state index contributed by atoms with van der Waals surface area (Å²) in [4.78, 5) is 8.98. The molecule has 0 heterocycles. The van der Waals surface area contributed by atoms with Crippen molar-refractivity contribution in [2.45, 2.75) is 0 Å². The summed E-state index contributed by atoms with van der Waals surface area (Å²) in [5.41, 5.74) is 0. The van der Waals surface area contributed by atoms with E-state index >= 15 is 0 Å². The number of halogens is 3. The minimum atomic E-state index is -0.889. The van der Waals surface area contributed by atoms with Crippen molar-refractivity contribution in [2.24, 2.45) is 0 Å². The molecule has 0 aliphatic carbocycles. The number of hydrogen-bond donors (Lipinski definition) is 1. The van der Waals surface area contributed by atoms with E-state index in [0.29, 0.717) is 0 Å². The predicted molar refractivity (Wildman–Crippen MR) is 30.9 cm³/mol. The molecule has 8 heavy (non-hydrogen) atoms. The summed E-state index contributed by atoms with van der Waals surface area (Å²) in [6, 6.07) is 0. The number of nitrogens with two attached hydrogens (primary N) is 1. The summed E-state index contributed by atoms with van der Waals surface area (Å²) < 4.78 is -0.889. The van der Waals surface area contributed by atoms with Gasteiger partial charge in [0, 0.05) is 0 Å². The molecule has 0 radical (unpaired) electrons. The lowest BCUT2D eigenvalue weighted by Gasteiger charge is -1.57. The van der Waals surface area contributed by atoms with Crippen LogP contribution >= 0.6 is 23.2 Å². The van der Waals surface area contributed by atoms with Crippen molar-refractivity contribution in [1.29, 1.82) is 0 Å². The lowest BCUT2D eigenvalue weighted by atomic mass is 11.3. The molecule has 0 rings (SSSR count). The second-order valence-electron chi connectivity index (χ2n) is 0.803. The third kappa shape index (κ3) is 787. The van der Waals surface area contributed by atoms with Crippen LogP contribution in [0.3, 0.4) is 0 Å². The quantitative estimate of drug-likeness (QED) is 0.408.